The van der Waals surface area contributed by atoms with Crippen LogP contribution in [-0.4, -0.2) is 21.9 Å². The minimum Gasteiger partial charge on any atom is -0.334 e. The van der Waals surface area contributed by atoms with Crippen molar-refractivity contribution in [1.29, 1.82) is 0 Å². The maximum absolute atomic E-state index is 4.45. The van der Waals surface area contributed by atoms with Crippen molar-refractivity contribution >= 4 is 22.6 Å². The monoisotopic (exact) mass is 221 g/mol. The average molecular weight is 221 g/mol. The molecule has 1 atom stereocenters. The SMILES string of the molecule is CCC1CN=C(Nc2cncc(C)c2)S1. The predicted molar refractivity (Wildman–Crippen MR) is 66.6 cm³/mol. The van der Waals surface area contributed by atoms with Gasteiger partial charge in [0.05, 0.1) is 18.4 Å². The fourth-order valence-corrected chi connectivity index (χ4v) is 2.40. The molecular weight excluding hydrogens is 206 g/mol. The summed E-state index contributed by atoms with van der Waals surface area (Å²) in [4.78, 5) is 8.59. The third-order valence-corrected chi connectivity index (χ3v) is 3.57. The van der Waals surface area contributed by atoms with Gasteiger partial charge in [0.1, 0.15) is 0 Å². The van der Waals surface area contributed by atoms with Crippen LogP contribution in [0.4, 0.5) is 5.69 Å². The number of anilines is 1. The van der Waals surface area contributed by atoms with Gasteiger partial charge in [-0.1, -0.05) is 18.7 Å². The van der Waals surface area contributed by atoms with Crippen LogP contribution < -0.4 is 5.32 Å². The number of pyridine rings is 1. The fourth-order valence-electron chi connectivity index (χ4n) is 1.45. The van der Waals surface area contributed by atoms with Crippen molar-refractivity contribution in [2.45, 2.75) is 25.5 Å². The van der Waals surface area contributed by atoms with E-state index in [0.717, 1.165) is 23.0 Å². The van der Waals surface area contributed by atoms with Gasteiger partial charge in [-0.15, -0.1) is 0 Å². The normalized spacial score (nSPS) is 20.1. The summed E-state index contributed by atoms with van der Waals surface area (Å²) in [6, 6.07) is 2.08. The Morgan fingerprint density at radius 1 is 1.53 bits per heavy atom. The molecule has 0 amide bonds. The summed E-state index contributed by atoms with van der Waals surface area (Å²) in [5.41, 5.74) is 2.19. The van der Waals surface area contributed by atoms with E-state index >= 15 is 0 Å². The molecule has 1 aromatic heterocycles. The topological polar surface area (TPSA) is 37.3 Å². The summed E-state index contributed by atoms with van der Waals surface area (Å²) in [6.07, 6.45) is 4.85. The summed E-state index contributed by atoms with van der Waals surface area (Å²) < 4.78 is 0. The number of aliphatic imine (C=N–C) groups is 1. The Morgan fingerprint density at radius 3 is 3.07 bits per heavy atom. The Kier molecular flexibility index (Phi) is 3.26. The fraction of sp³-hybridized carbons (Fsp3) is 0.455. The van der Waals surface area contributed by atoms with Crippen molar-refractivity contribution in [3.05, 3.63) is 24.0 Å². The molecule has 1 unspecified atom stereocenters. The molecule has 0 aliphatic carbocycles. The van der Waals surface area contributed by atoms with E-state index in [1.807, 2.05) is 31.1 Å². The highest BCUT2D eigenvalue weighted by Gasteiger charge is 2.17. The first-order chi connectivity index (χ1) is 7.28. The molecule has 3 nitrogen and oxygen atoms in total. The molecular formula is C11H15N3S. The van der Waals surface area contributed by atoms with E-state index in [4.69, 9.17) is 0 Å². The van der Waals surface area contributed by atoms with Crippen LogP contribution in [0.5, 0.6) is 0 Å². The zero-order valence-corrected chi connectivity index (χ0v) is 9.84. The van der Waals surface area contributed by atoms with Crippen LogP contribution in [0, 0.1) is 6.92 Å². The average Bonchev–Trinajstić information content (AvgIpc) is 2.65. The second-order valence-electron chi connectivity index (χ2n) is 3.67. The first kappa shape index (κ1) is 10.5. The maximum atomic E-state index is 4.45. The van der Waals surface area contributed by atoms with Gasteiger partial charge in [0.25, 0.3) is 0 Å². The molecule has 4 heteroatoms. The summed E-state index contributed by atoms with van der Waals surface area (Å²) in [6.45, 7) is 5.17. The number of aryl methyl sites for hydroxylation is 1. The van der Waals surface area contributed by atoms with E-state index < -0.39 is 0 Å². The molecule has 0 aromatic carbocycles. The molecule has 0 spiro atoms. The number of hydrogen-bond acceptors (Lipinski definition) is 4. The van der Waals surface area contributed by atoms with Crippen LogP contribution in [0.1, 0.15) is 18.9 Å². The van der Waals surface area contributed by atoms with Gasteiger partial charge in [0.15, 0.2) is 5.17 Å². The van der Waals surface area contributed by atoms with Crippen LogP contribution in [0.25, 0.3) is 0 Å². The lowest BCUT2D eigenvalue weighted by atomic mass is 10.3. The number of thioether (sulfide) groups is 1. The van der Waals surface area contributed by atoms with E-state index in [1.165, 1.54) is 6.42 Å². The minimum absolute atomic E-state index is 0.644. The molecule has 0 fully saturated rings. The van der Waals surface area contributed by atoms with Crippen LogP contribution in [0.15, 0.2) is 23.5 Å². The second-order valence-corrected chi connectivity index (χ2v) is 4.96. The van der Waals surface area contributed by atoms with E-state index in [-0.39, 0.29) is 0 Å². The van der Waals surface area contributed by atoms with Crippen molar-refractivity contribution in [1.82, 2.24) is 4.98 Å². The van der Waals surface area contributed by atoms with Crippen LogP contribution >= 0.6 is 11.8 Å². The van der Waals surface area contributed by atoms with E-state index in [9.17, 15) is 0 Å². The molecule has 0 saturated heterocycles. The molecule has 0 saturated carbocycles. The van der Waals surface area contributed by atoms with Gasteiger partial charge >= 0.3 is 0 Å². The largest absolute Gasteiger partial charge is 0.334 e. The number of nitrogens with zero attached hydrogens (tertiary/aromatic N) is 2. The minimum atomic E-state index is 0.644. The van der Waals surface area contributed by atoms with Crippen LogP contribution in [-0.2, 0) is 0 Å². The molecule has 0 bridgehead atoms. The lowest BCUT2D eigenvalue weighted by Gasteiger charge is -2.06. The molecule has 1 aromatic rings. The molecule has 1 aliphatic heterocycles. The van der Waals surface area contributed by atoms with Crippen molar-refractivity contribution < 1.29 is 0 Å². The highest BCUT2D eigenvalue weighted by Crippen LogP contribution is 2.24. The second kappa shape index (κ2) is 4.66. The first-order valence-corrected chi connectivity index (χ1v) is 6.05. The molecule has 1 aliphatic rings. The molecule has 80 valence electrons. The van der Waals surface area contributed by atoms with Crippen LogP contribution in [0.2, 0.25) is 0 Å². The Hall–Kier alpha value is -1.03. The van der Waals surface area contributed by atoms with Crippen molar-refractivity contribution in [3.63, 3.8) is 0 Å². The first-order valence-electron chi connectivity index (χ1n) is 5.17. The lowest BCUT2D eigenvalue weighted by Crippen LogP contribution is -2.07. The molecule has 2 heterocycles. The number of nitrogens with one attached hydrogen (secondary N) is 1. The van der Waals surface area contributed by atoms with Gasteiger partial charge in [-0.05, 0) is 25.0 Å². The van der Waals surface area contributed by atoms with E-state index in [0.29, 0.717) is 5.25 Å². The summed E-state index contributed by atoms with van der Waals surface area (Å²) >= 11 is 1.82. The maximum Gasteiger partial charge on any atom is 0.161 e. The summed E-state index contributed by atoms with van der Waals surface area (Å²) in [5, 5.41) is 4.96. The highest BCUT2D eigenvalue weighted by atomic mass is 32.2. The Morgan fingerprint density at radius 2 is 2.40 bits per heavy atom. The van der Waals surface area contributed by atoms with E-state index in [2.05, 4.69) is 28.3 Å². The van der Waals surface area contributed by atoms with E-state index in [1.54, 1.807) is 0 Å². The zero-order valence-electron chi connectivity index (χ0n) is 9.03. The lowest BCUT2D eigenvalue weighted by molar-refractivity contribution is 0.843. The molecule has 0 radical (unpaired) electrons. The molecule has 15 heavy (non-hydrogen) atoms. The zero-order chi connectivity index (χ0) is 10.7. The van der Waals surface area contributed by atoms with Crippen molar-refractivity contribution in [2.24, 2.45) is 4.99 Å². The standard InChI is InChI=1S/C11H15N3S/c1-3-10-7-13-11(15-10)14-9-4-8(2)5-12-6-9/h4-6,10H,3,7H2,1-2H3,(H,13,14). The molecule has 2 rings (SSSR count). The van der Waals surface area contributed by atoms with Gasteiger partial charge in [-0.3, -0.25) is 9.98 Å². The quantitative estimate of drug-likeness (QED) is 0.834. The third-order valence-electron chi connectivity index (χ3n) is 2.30. The summed E-state index contributed by atoms with van der Waals surface area (Å²) in [5.74, 6) is 0. The van der Waals surface area contributed by atoms with Crippen LogP contribution in [0.3, 0.4) is 0 Å². The Labute approximate surface area is 94.4 Å². The van der Waals surface area contributed by atoms with Crippen molar-refractivity contribution in [2.75, 3.05) is 11.9 Å². The highest BCUT2D eigenvalue weighted by molar-refractivity contribution is 8.15. The van der Waals surface area contributed by atoms with Gasteiger partial charge in [0, 0.05) is 11.4 Å². The van der Waals surface area contributed by atoms with Crippen molar-refractivity contribution in [3.8, 4) is 0 Å². The number of amidine groups is 1. The Bertz CT molecular complexity index is 376. The van der Waals surface area contributed by atoms with Gasteiger partial charge < -0.3 is 5.32 Å². The number of hydrogen-bond donors (Lipinski definition) is 1. The number of aromatic nitrogens is 1. The predicted octanol–water partition coefficient (Wildman–Crippen LogP) is 2.68. The smallest absolute Gasteiger partial charge is 0.161 e. The van der Waals surface area contributed by atoms with Gasteiger partial charge in [-0.25, -0.2) is 0 Å². The Balaban J connectivity index is 1.98. The number of rotatable bonds is 2. The molecule has 1 N–H and O–H groups in total. The van der Waals surface area contributed by atoms with Gasteiger partial charge in [0.2, 0.25) is 0 Å². The van der Waals surface area contributed by atoms with Gasteiger partial charge in [-0.2, -0.15) is 0 Å². The third kappa shape index (κ3) is 2.72. The summed E-state index contributed by atoms with van der Waals surface area (Å²) in [7, 11) is 0.